The summed E-state index contributed by atoms with van der Waals surface area (Å²) in [5, 5.41) is 0.144. The second-order valence-corrected chi connectivity index (χ2v) is 8.52. The number of rotatable bonds is 5. The molecule has 0 spiro atoms. The first-order valence-corrected chi connectivity index (χ1v) is 10.2. The van der Waals surface area contributed by atoms with Crippen molar-refractivity contribution >= 4 is 27.5 Å². The quantitative estimate of drug-likeness (QED) is 0.797. The molecule has 1 aromatic carbocycles. The van der Waals surface area contributed by atoms with Crippen molar-refractivity contribution in [3.05, 3.63) is 28.8 Å². The number of likely N-dealkylation sites (tertiary alicyclic amines) is 1. The molecular weight excluding hydrogens is 348 g/mol. The van der Waals surface area contributed by atoms with E-state index in [0.717, 1.165) is 12.8 Å². The lowest BCUT2D eigenvalue weighted by Crippen LogP contribution is -2.38. The fourth-order valence-electron chi connectivity index (χ4n) is 2.93. The van der Waals surface area contributed by atoms with E-state index < -0.39 is 10.0 Å². The molecule has 0 aliphatic carbocycles. The zero-order valence-corrected chi connectivity index (χ0v) is 16.0. The third-order valence-corrected chi connectivity index (χ3v) is 7.10. The van der Waals surface area contributed by atoms with Crippen molar-refractivity contribution in [1.82, 2.24) is 9.21 Å². The number of hydrogen-bond acceptors (Lipinski definition) is 3. The Balaban J connectivity index is 2.33. The molecule has 1 aromatic rings. The Kier molecular flexibility index (Phi) is 6.28. The van der Waals surface area contributed by atoms with Gasteiger partial charge in [0.2, 0.25) is 10.0 Å². The van der Waals surface area contributed by atoms with Crippen LogP contribution in [0.25, 0.3) is 0 Å². The van der Waals surface area contributed by atoms with Gasteiger partial charge in [0, 0.05) is 31.7 Å². The van der Waals surface area contributed by atoms with Crippen LogP contribution in [0.1, 0.15) is 44.0 Å². The summed E-state index contributed by atoms with van der Waals surface area (Å²) < 4.78 is 26.8. The Morgan fingerprint density at radius 1 is 1.25 bits per heavy atom. The van der Waals surface area contributed by atoms with Crippen LogP contribution >= 0.6 is 11.6 Å². The standard InChI is InChI=1S/C17H25ClN2O3S/c1-4-20(5-2)24(22,23)16-12-14(6-7-15(16)18)17(21)19-10-8-13(3)9-11-19/h6-7,12-13H,4-5,8-11H2,1-3H3. The molecule has 134 valence electrons. The first kappa shape index (κ1) is 19.2. The summed E-state index contributed by atoms with van der Waals surface area (Å²) in [5.41, 5.74) is 0.375. The summed E-state index contributed by atoms with van der Waals surface area (Å²) in [6, 6.07) is 4.51. The highest BCUT2D eigenvalue weighted by Crippen LogP contribution is 2.27. The smallest absolute Gasteiger partial charge is 0.253 e. The van der Waals surface area contributed by atoms with Gasteiger partial charge in [-0.25, -0.2) is 8.42 Å². The molecule has 5 nitrogen and oxygen atoms in total. The fraction of sp³-hybridized carbons (Fsp3) is 0.588. The minimum atomic E-state index is -3.70. The number of halogens is 1. The highest BCUT2D eigenvalue weighted by molar-refractivity contribution is 7.89. The number of nitrogens with zero attached hydrogens (tertiary/aromatic N) is 2. The van der Waals surface area contributed by atoms with Gasteiger partial charge in [-0.2, -0.15) is 4.31 Å². The Hall–Kier alpha value is -1.11. The number of sulfonamides is 1. The molecule has 0 radical (unpaired) electrons. The molecule has 0 N–H and O–H groups in total. The van der Waals surface area contributed by atoms with E-state index in [2.05, 4.69) is 6.92 Å². The Morgan fingerprint density at radius 3 is 2.38 bits per heavy atom. The summed E-state index contributed by atoms with van der Waals surface area (Å²) in [5.74, 6) is 0.493. The normalized spacial score (nSPS) is 16.6. The van der Waals surface area contributed by atoms with Gasteiger partial charge in [0.25, 0.3) is 5.91 Å². The van der Waals surface area contributed by atoms with E-state index in [-0.39, 0.29) is 15.8 Å². The van der Waals surface area contributed by atoms with Crippen LogP contribution in [0.15, 0.2) is 23.1 Å². The summed E-state index contributed by atoms with van der Waals surface area (Å²) in [4.78, 5) is 14.5. The van der Waals surface area contributed by atoms with Gasteiger partial charge in [0.05, 0.1) is 5.02 Å². The Morgan fingerprint density at radius 2 is 1.83 bits per heavy atom. The molecule has 1 aliphatic rings. The van der Waals surface area contributed by atoms with Gasteiger partial charge in [0.15, 0.2) is 0 Å². The molecule has 1 heterocycles. The molecule has 1 saturated heterocycles. The average molecular weight is 373 g/mol. The van der Waals surface area contributed by atoms with Crippen LogP contribution in [0.3, 0.4) is 0 Å². The van der Waals surface area contributed by atoms with E-state index in [1.807, 2.05) is 0 Å². The lowest BCUT2D eigenvalue weighted by molar-refractivity contribution is 0.0697. The van der Waals surface area contributed by atoms with Crippen LogP contribution in [0, 0.1) is 5.92 Å². The number of piperidine rings is 1. The van der Waals surface area contributed by atoms with Crippen molar-refractivity contribution in [3.63, 3.8) is 0 Å². The van der Waals surface area contributed by atoms with Gasteiger partial charge in [-0.15, -0.1) is 0 Å². The third-order valence-electron chi connectivity index (χ3n) is 4.57. The first-order chi connectivity index (χ1) is 11.3. The van der Waals surface area contributed by atoms with Gasteiger partial charge >= 0.3 is 0 Å². The Bertz CT molecular complexity index is 694. The van der Waals surface area contributed by atoms with Crippen LogP contribution in [0.2, 0.25) is 5.02 Å². The molecule has 0 saturated carbocycles. The topological polar surface area (TPSA) is 57.7 Å². The predicted octanol–water partition coefficient (Wildman–Crippen LogP) is 3.24. The molecule has 7 heteroatoms. The van der Waals surface area contributed by atoms with Gasteiger partial charge in [-0.1, -0.05) is 32.4 Å². The van der Waals surface area contributed by atoms with Gasteiger partial charge in [0.1, 0.15) is 4.90 Å². The van der Waals surface area contributed by atoms with Crippen molar-refractivity contribution in [2.45, 2.75) is 38.5 Å². The summed E-state index contributed by atoms with van der Waals surface area (Å²) in [7, 11) is -3.70. The fourth-order valence-corrected chi connectivity index (χ4v) is 4.89. The van der Waals surface area contributed by atoms with Crippen molar-refractivity contribution < 1.29 is 13.2 Å². The maximum absolute atomic E-state index is 12.7. The van der Waals surface area contributed by atoms with Gasteiger partial charge < -0.3 is 4.90 Å². The number of carbonyl (C=O) groups excluding carboxylic acids is 1. The van der Waals surface area contributed by atoms with E-state index in [4.69, 9.17) is 11.6 Å². The number of amides is 1. The summed E-state index contributed by atoms with van der Waals surface area (Å²) in [6.07, 6.45) is 1.95. The van der Waals surface area contributed by atoms with Crippen molar-refractivity contribution in [2.24, 2.45) is 5.92 Å². The molecule has 1 amide bonds. The van der Waals surface area contributed by atoms with Gasteiger partial charge in [-0.05, 0) is 37.0 Å². The second-order valence-electron chi connectivity index (χ2n) is 6.21. The molecule has 0 bridgehead atoms. The van der Waals surface area contributed by atoms with Crippen LogP contribution in [-0.2, 0) is 10.0 Å². The van der Waals surface area contributed by atoms with E-state index in [1.54, 1.807) is 24.8 Å². The van der Waals surface area contributed by atoms with E-state index in [9.17, 15) is 13.2 Å². The highest BCUT2D eigenvalue weighted by Gasteiger charge is 2.27. The van der Waals surface area contributed by atoms with E-state index in [1.165, 1.54) is 16.4 Å². The van der Waals surface area contributed by atoms with Crippen molar-refractivity contribution in [2.75, 3.05) is 26.2 Å². The van der Waals surface area contributed by atoms with Gasteiger partial charge in [-0.3, -0.25) is 4.79 Å². The molecular formula is C17H25ClN2O3S. The monoisotopic (exact) mass is 372 g/mol. The SMILES string of the molecule is CCN(CC)S(=O)(=O)c1cc(C(=O)N2CCC(C)CC2)ccc1Cl. The number of hydrogen-bond donors (Lipinski definition) is 0. The van der Waals surface area contributed by atoms with Crippen LogP contribution in [-0.4, -0.2) is 49.7 Å². The predicted molar refractivity (Wildman–Crippen MR) is 95.9 cm³/mol. The van der Waals surface area contributed by atoms with Crippen molar-refractivity contribution in [1.29, 1.82) is 0 Å². The summed E-state index contributed by atoms with van der Waals surface area (Å²) >= 11 is 6.12. The minimum Gasteiger partial charge on any atom is -0.339 e. The average Bonchev–Trinajstić information content (AvgIpc) is 2.56. The first-order valence-electron chi connectivity index (χ1n) is 8.40. The van der Waals surface area contributed by atoms with Crippen LogP contribution < -0.4 is 0 Å². The molecule has 0 unspecified atom stereocenters. The number of benzene rings is 1. The van der Waals surface area contributed by atoms with Crippen LogP contribution in [0.4, 0.5) is 0 Å². The molecule has 1 aliphatic heterocycles. The van der Waals surface area contributed by atoms with Crippen molar-refractivity contribution in [3.8, 4) is 0 Å². The third kappa shape index (κ3) is 3.92. The summed E-state index contributed by atoms with van der Waals surface area (Å²) in [6.45, 7) is 7.87. The minimum absolute atomic E-state index is 0.00379. The Labute approximate surface area is 149 Å². The maximum Gasteiger partial charge on any atom is 0.253 e. The molecule has 24 heavy (non-hydrogen) atoms. The number of carbonyl (C=O) groups is 1. The molecule has 2 rings (SSSR count). The lowest BCUT2D eigenvalue weighted by atomic mass is 9.98. The maximum atomic E-state index is 12.7. The second kappa shape index (κ2) is 7.85. The highest BCUT2D eigenvalue weighted by atomic mass is 35.5. The largest absolute Gasteiger partial charge is 0.339 e. The lowest BCUT2D eigenvalue weighted by Gasteiger charge is -2.30. The van der Waals surface area contributed by atoms with Crippen LogP contribution in [0.5, 0.6) is 0 Å². The molecule has 0 aromatic heterocycles. The zero-order valence-electron chi connectivity index (χ0n) is 14.5. The zero-order chi connectivity index (χ0) is 17.9. The van der Waals surface area contributed by atoms with E-state index >= 15 is 0 Å². The molecule has 1 fully saturated rings. The molecule has 0 atom stereocenters. The van der Waals surface area contributed by atoms with E-state index in [0.29, 0.717) is 37.7 Å².